The molecule has 1 aromatic heterocycles. The predicted molar refractivity (Wildman–Crippen MR) is 274 cm³/mol. The zero-order chi connectivity index (χ0) is 48.5. The Bertz CT molecular complexity index is 2520. The molecule has 0 bridgehead atoms. The number of pyridine rings is 1. The molecule has 13 nitrogen and oxygen atoms in total. The molecule has 5 amide bonds. The lowest BCUT2D eigenvalue weighted by Gasteiger charge is -2.37. The number of unbranched alkanes of at least 4 members (excludes halogenated alkanes) is 2. The fourth-order valence-corrected chi connectivity index (χ4v) is 9.58. The fraction of sp³-hybridized carbons (Fsp3) is 0.357. The molecule has 69 heavy (non-hydrogen) atoms. The van der Waals surface area contributed by atoms with Crippen molar-refractivity contribution < 1.29 is 23.7 Å². The minimum atomic E-state index is -0.873. The number of urea groups is 1. The van der Waals surface area contributed by atoms with Crippen molar-refractivity contribution in [3.8, 4) is 0 Å². The molecule has 0 spiro atoms. The van der Waals surface area contributed by atoms with E-state index in [2.05, 4.69) is 86.0 Å². The quantitative estimate of drug-likeness (QED) is 0.0198. The summed E-state index contributed by atoms with van der Waals surface area (Å²) in [4.78, 5) is 58.7. The highest BCUT2D eigenvalue weighted by Gasteiger charge is 2.28. The van der Waals surface area contributed by atoms with E-state index >= 15 is 0 Å². The number of primary amides is 1. The van der Waals surface area contributed by atoms with Gasteiger partial charge in [-0.3, -0.25) is 24.7 Å². The number of nitrogens with two attached hydrogens (primary N) is 2. The summed E-state index contributed by atoms with van der Waals surface area (Å²) >= 11 is 0. The summed E-state index contributed by atoms with van der Waals surface area (Å²) in [5, 5.41) is 11.3. The average molecular weight is 931 g/mol. The van der Waals surface area contributed by atoms with Crippen LogP contribution in [0.15, 0.2) is 114 Å². The third-order valence-corrected chi connectivity index (χ3v) is 13.0. The third-order valence-electron chi connectivity index (χ3n) is 13.0. The molecule has 7 rings (SSSR count). The average Bonchev–Trinajstić information content (AvgIpc) is 3.34. The highest BCUT2D eigenvalue weighted by Crippen LogP contribution is 2.36. The number of anilines is 1. The van der Waals surface area contributed by atoms with Crippen molar-refractivity contribution in [1.29, 1.82) is 0 Å². The summed E-state index contributed by atoms with van der Waals surface area (Å²) in [5.41, 5.74) is 24.1. The molecule has 3 heterocycles. The molecular formula is C56H68N9O4+. The van der Waals surface area contributed by atoms with Crippen molar-refractivity contribution in [2.75, 3.05) is 24.5 Å². The Morgan fingerprint density at radius 2 is 1.26 bits per heavy atom. The van der Waals surface area contributed by atoms with Crippen molar-refractivity contribution >= 4 is 47.6 Å². The maximum atomic E-state index is 14.1. The lowest BCUT2D eigenvalue weighted by molar-refractivity contribution is -0.709. The van der Waals surface area contributed by atoms with Gasteiger partial charge in [-0.15, -0.1) is 0 Å². The van der Waals surface area contributed by atoms with E-state index in [1.54, 1.807) is 0 Å². The Hall–Kier alpha value is -7.28. The number of nitrogens with one attached hydrogen (secondary N) is 4. The second kappa shape index (κ2) is 24.7. The summed E-state index contributed by atoms with van der Waals surface area (Å²) in [5.74, 6) is -1.45. The van der Waals surface area contributed by atoms with Crippen molar-refractivity contribution in [3.05, 3.63) is 165 Å². The first-order valence-corrected chi connectivity index (χ1v) is 24.5. The Morgan fingerprint density at radius 1 is 0.696 bits per heavy atom. The molecule has 5 aromatic rings. The van der Waals surface area contributed by atoms with Crippen LogP contribution in [-0.4, -0.2) is 55.4 Å². The number of carbonyl (C=O) groups is 4. The largest absolute Gasteiger partial charge is 0.371 e. The van der Waals surface area contributed by atoms with E-state index in [4.69, 9.17) is 11.5 Å². The molecule has 2 aliphatic rings. The van der Waals surface area contributed by atoms with Crippen molar-refractivity contribution in [3.63, 3.8) is 0 Å². The van der Waals surface area contributed by atoms with Crippen molar-refractivity contribution in [1.82, 2.24) is 21.3 Å². The van der Waals surface area contributed by atoms with Crippen molar-refractivity contribution in [2.45, 2.75) is 110 Å². The smallest absolute Gasteiger partial charge is 0.312 e. The number of amides is 5. The number of hydrogen-bond donors (Lipinski definition) is 6. The first-order valence-electron chi connectivity index (χ1n) is 24.5. The molecule has 360 valence electrons. The number of carbonyl (C=O) groups excluding carboxylic acids is 4. The van der Waals surface area contributed by atoms with Gasteiger partial charge in [0.25, 0.3) is 0 Å². The molecule has 0 unspecified atom stereocenters. The molecule has 0 radical (unpaired) electrons. The van der Waals surface area contributed by atoms with Gasteiger partial charge in [0.1, 0.15) is 12.6 Å². The normalized spacial score (nSPS) is 13.7. The lowest BCUT2D eigenvalue weighted by atomic mass is 9.90. The number of hydrogen-bond acceptors (Lipinski definition) is 6. The Balaban J connectivity index is 0.870. The van der Waals surface area contributed by atoms with Crippen LogP contribution in [0.1, 0.15) is 113 Å². The van der Waals surface area contributed by atoms with Crippen LogP contribution in [0.4, 0.5) is 10.5 Å². The van der Waals surface area contributed by atoms with Crippen LogP contribution in [-0.2, 0) is 46.9 Å². The second-order valence-electron chi connectivity index (χ2n) is 18.3. The predicted octanol–water partition coefficient (Wildman–Crippen LogP) is 7.03. The van der Waals surface area contributed by atoms with Gasteiger partial charge in [0.2, 0.25) is 17.7 Å². The summed E-state index contributed by atoms with van der Waals surface area (Å²) in [6, 6.07) is 34.1. The number of guanidine groups is 1. The zero-order valence-corrected chi connectivity index (χ0v) is 40.1. The van der Waals surface area contributed by atoms with Crippen LogP contribution in [0.25, 0.3) is 12.2 Å². The first kappa shape index (κ1) is 49.6. The minimum Gasteiger partial charge on any atom is -0.371 e. The van der Waals surface area contributed by atoms with Gasteiger partial charge in [0, 0.05) is 77.2 Å². The number of rotatable bonds is 21. The maximum Gasteiger partial charge on any atom is 0.312 e. The molecule has 4 aromatic carbocycles. The summed E-state index contributed by atoms with van der Waals surface area (Å²) in [6.45, 7) is 8.33. The fourth-order valence-electron chi connectivity index (χ4n) is 9.58. The molecule has 2 aliphatic heterocycles. The molecule has 0 saturated carbocycles. The van der Waals surface area contributed by atoms with Gasteiger partial charge in [0.05, 0.1) is 5.92 Å². The van der Waals surface area contributed by atoms with E-state index in [-0.39, 0.29) is 43.2 Å². The van der Waals surface area contributed by atoms with Crippen LogP contribution in [0.5, 0.6) is 0 Å². The number of benzene rings is 4. The molecule has 0 aliphatic carbocycles. The SMILES string of the molecule is Cc1cc(/C=C/c2cc3c4c(c2)CCCN4CCC3)cc(C)[n+]1CCCCCC(=O)NC(N)=NCCC[C@@H](NC(=O)C(c1ccccc1)c1ccccc1)C(=O)NCc1ccc(CNC(N)=O)cc1. The highest BCUT2D eigenvalue weighted by molar-refractivity contribution is 5.96. The van der Waals surface area contributed by atoms with Crippen LogP contribution in [0, 0.1) is 13.8 Å². The zero-order valence-electron chi connectivity index (χ0n) is 40.1. The van der Waals surface area contributed by atoms with E-state index in [1.807, 2.05) is 84.9 Å². The maximum absolute atomic E-state index is 14.1. The van der Waals surface area contributed by atoms with E-state index in [9.17, 15) is 19.2 Å². The summed E-state index contributed by atoms with van der Waals surface area (Å²) in [6.07, 6.45) is 12.9. The molecule has 0 fully saturated rings. The number of aryl methyl sites for hydroxylation is 4. The summed E-state index contributed by atoms with van der Waals surface area (Å²) < 4.78 is 2.34. The monoisotopic (exact) mass is 931 g/mol. The minimum absolute atomic E-state index is 0.0246. The lowest BCUT2D eigenvalue weighted by Crippen LogP contribution is -2.48. The van der Waals surface area contributed by atoms with Gasteiger partial charge in [0.15, 0.2) is 17.3 Å². The van der Waals surface area contributed by atoms with Crippen LogP contribution in [0.2, 0.25) is 0 Å². The van der Waals surface area contributed by atoms with E-state index in [0.29, 0.717) is 19.4 Å². The topological polar surface area (TPSA) is 188 Å². The summed E-state index contributed by atoms with van der Waals surface area (Å²) in [7, 11) is 0. The van der Waals surface area contributed by atoms with E-state index in [1.165, 1.54) is 78.1 Å². The second-order valence-corrected chi connectivity index (χ2v) is 18.3. The van der Waals surface area contributed by atoms with Gasteiger partial charge in [-0.1, -0.05) is 97.1 Å². The van der Waals surface area contributed by atoms with Gasteiger partial charge in [-0.05, 0) is 108 Å². The molecule has 13 heteroatoms. The van der Waals surface area contributed by atoms with Crippen molar-refractivity contribution in [2.24, 2.45) is 16.5 Å². The Kier molecular flexibility index (Phi) is 17.7. The highest BCUT2D eigenvalue weighted by atomic mass is 16.2. The Morgan fingerprint density at radius 3 is 1.84 bits per heavy atom. The van der Waals surface area contributed by atoms with Crippen LogP contribution < -0.4 is 42.2 Å². The van der Waals surface area contributed by atoms with E-state index < -0.39 is 18.0 Å². The molecule has 1 atom stereocenters. The van der Waals surface area contributed by atoms with Gasteiger partial charge in [-0.25, -0.2) is 9.36 Å². The van der Waals surface area contributed by atoms with E-state index in [0.717, 1.165) is 48.1 Å². The standard InChI is InChI=1S/C56H67N9O4/c1-39-33-43(27-28-44-35-47-19-13-30-64-31-14-20-48(36-44)52(47)64)34-40(2)65(39)32-11-5-10-22-50(66)63-55(57)59-29-12-21-49(53(67)60-37-41-23-25-42(26-24-41)38-61-56(58)69)62-54(68)51(45-15-6-3-7-16-45)46-17-8-4-9-18-46/h3-4,6-9,15-18,23-28,33-36,49,51H,5,10-14,19-22,29-32,37-38H2,1-2H3,(H7-,57,58,59,60,61,62,63,66,67,68,69)/p+1/t49-/m1/s1. The third kappa shape index (κ3) is 14.4. The first-order chi connectivity index (χ1) is 33.5. The molecule has 8 N–H and O–H groups in total. The Labute approximate surface area is 406 Å². The number of nitrogens with zero attached hydrogens (tertiary/aromatic N) is 3. The number of aliphatic imine (C=N–C) groups is 1. The number of aromatic nitrogens is 1. The van der Waals surface area contributed by atoms with Gasteiger partial charge < -0.3 is 32.3 Å². The van der Waals surface area contributed by atoms with Crippen LogP contribution in [0.3, 0.4) is 0 Å². The molecule has 0 saturated heterocycles. The van der Waals surface area contributed by atoms with Crippen LogP contribution >= 0.6 is 0 Å². The van der Waals surface area contributed by atoms with Gasteiger partial charge >= 0.3 is 6.03 Å². The molecular weight excluding hydrogens is 863 g/mol. The van der Waals surface area contributed by atoms with Gasteiger partial charge in [-0.2, -0.15) is 0 Å².